The van der Waals surface area contributed by atoms with Gasteiger partial charge in [0.05, 0.1) is 17.8 Å². The molecule has 1 unspecified atom stereocenters. The summed E-state index contributed by atoms with van der Waals surface area (Å²) in [7, 11) is 1.55. The number of phenolic OH excluding ortho intramolecular Hbond substituents is 1. The van der Waals surface area contributed by atoms with E-state index in [1.807, 2.05) is 0 Å². The van der Waals surface area contributed by atoms with Crippen LogP contribution in [0, 0.1) is 0 Å². The van der Waals surface area contributed by atoms with Gasteiger partial charge in [0.25, 0.3) is 5.91 Å². The SMILES string of the molecule is COc1ccc(C2(C)NC(=O)N(N=Cc3cc(Br)cc(Br)c3O)C2=O)cc1. The predicted octanol–water partition coefficient (Wildman–Crippen LogP) is 3.73. The number of aromatic hydroxyl groups is 1. The molecule has 140 valence electrons. The van der Waals surface area contributed by atoms with Crippen LogP contribution in [-0.2, 0) is 10.3 Å². The highest BCUT2D eigenvalue weighted by Gasteiger charge is 2.49. The zero-order chi connectivity index (χ0) is 19.8. The molecule has 1 aliphatic rings. The number of hydrogen-bond acceptors (Lipinski definition) is 5. The van der Waals surface area contributed by atoms with Crippen LogP contribution in [-0.4, -0.2) is 35.4 Å². The van der Waals surface area contributed by atoms with Crippen LogP contribution < -0.4 is 10.1 Å². The number of methoxy groups -OCH3 is 1. The largest absolute Gasteiger partial charge is 0.506 e. The fourth-order valence-corrected chi connectivity index (χ4v) is 3.91. The molecule has 0 spiro atoms. The van der Waals surface area contributed by atoms with E-state index in [-0.39, 0.29) is 5.75 Å². The van der Waals surface area contributed by atoms with Gasteiger partial charge in [0.2, 0.25) is 0 Å². The van der Waals surface area contributed by atoms with E-state index in [1.165, 1.54) is 6.21 Å². The average Bonchev–Trinajstić information content (AvgIpc) is 2.86. The second-order valence-electron chi connectivity index (χ2n) is 5.97. The third-order valence-electron chi connectivity index (χ3n) is 4.21. The molecule has 3 rings (SSSR count). The van der Waals surface area contributed by atoms with Crippen molar-refractivity contribution in [2.24, 2.45) is 5.10 Å². The monoisotopic (exact) mass is 495 g/mol. The lowest BCUT2D eigenvalue weighted by atomic mass is 9.92. The van der Waals surface area contributed by atoms with Crippen LogP contribution in [0.1, 0.15) is 18.1 Å². The Bertz CT molecular complexity index is 946. The molecule has 2 N–H and O–H groups in total. The van der Waals surface area contributed by atoms with Crippen molar-refractivity contribution in [3.05, 3.63) is 56.5 Å². The van der Waals surface area contributed by atoms with E-state index in [0.717, 1.165) is 5.01 Å². The van der Waals surface area contributed by atoms with Crippen molar-refractivity contribution in [2.45, 2.75) is 12.5 Å². The number of urea groups is 1. The van der Waals surface area contributed by atoms with Crippen molar-refractivity contribution in [3.8, 4) is 11.5 Å². The topological polar surface area (TPSA) is 91.2 Å². The molecule has 7 nitrogen and oxygen atoms in total. The molecule has 0 radical (unpaired) electrons. The van der Waals surface area contributed by atoms with Gasteiger partial charge in [-0.3, -0.25) is 4.79 Å². The van der Waals surface area contributed by atoms with Crippen LogP contribution in [0.25, 0.3) is 0 Å². The molecule has 2 aromatic carbocycles. The lowest BCUT2D eigenvalue weighted by Gasteiger charge is -2.21. The van der Waals surface area contributed by atoms with Crippen molar-refractivity contribution in [1.82, 2.24) is 10.3 Å². The number of carbonyl (C=O) groups is 2. The standard InChI is InChI=1S/C18H15Br2N3O4/c1-18(11-3-5-13(27-2)6-4-11)16(25)23(17(26)22-18)21-9-10-7-12(19)8-14(20)15(10)24/h3-9,24H,1-2H3,(H,22,26). The van der Waals surface area contributed by atoms with Crippen molar-refractivity contribution < 1.29 is 19.4 Å². The first-order chi connectivity index (χ1) is 12.8. The second-order valence-corrected chi connectivity index (χ2v) is 7.74. The number of carbonyl (C=O) groups excluding carboxylic acids is 2. The molecule has 1 aliphatic heterocycles. The maximum atomic E-state index is 12.8. The molecular weight excluding hydrogens is 482 g/mol. The summed E-state index contributed by atoms with van der Waals surface area (Å²) in [5.41, 5.74) is -0.303. The predicted molar refractivity (Wildman–Crippen MR) is 107 cm³/mol. The van der Waals surface area contributed by atoms with Gasteiger partial charge < -0.3 is 15.2 Å². The van der Waals surface area contributed by atoms with Crippen LogP contribution in [0.2, 0.25) is 0 Å². The van der Waals surface area contributed by atoms with Gasteiger partial charge in [0.1, 0.15) is 17.0 Å². The van der Waals surface area contributed by atoms with Crippen LogP contribution in [0.3, 0.4) is 0 Å². The number of amides is 3. The number of halogens is 2. The smallest absolute Gasteiger partial charge is 0.346 e. The molecule has 9 heteroatoms. The minimum Gasteiger partial charge on any atom is -0.506 e. The number of phenols is 1. The molecule has 1 fully saturated rings. The number of hydrazone groups is 1. The fraction of sp³-hybridized carbons (Fsp3) is 0.167. The molecule has 1 atom stereocenters. The Morgan fingerprint density at radius 2 is 1.89 bits per heavy atom. The highest BCUT2D eigenvalue weighted by molar-refractivity contribution is 9.11. The van der Waals surface area contributed by atoms with E-state index < -0.39 is 17.5 Å². The van der Waals surface area contributed by atoms with Crippen molar-refractivity contribution in [3.63, 3.8) is 0 Å². The molecule has 2 aromatic rings. The van der Waals surface area contributed by atoms with Crippen LogP contribution in [0.4, 0.5) is 4.79 Å². The average molecular weight is 497 g/mol. The molecule has 27 heavy (non-hydrogen) atoms. The first-order valence-electron chi connectivity index (χ1n) is 7.79. The van der Waals surface area contributed by atoms with Gasteiger partial charge in [0, 0.05) is 10.0 Å². The molecule has 3 amide bonds. The summed E-state index contributed by atoms with van der Waals surface area (Å²) in [6.07, 6.45) is 1.25. The summed E-state index contributed by atoms with van der Waals surface area (Å²) >= 11 is 6.53. The van der Waals surface area contributed by atoms with Crippen molar-refractivity contribution in [1.29, 1.82) is 0 Å². The third kappa shape index (κ3) is 3.57. The van der Waals surface area contributed by atoms with Gasteiger partial charge in [-0.1, -0.05) is 28.1 Å². The lowest BCUT2D eigenvalue weighted by molar-refractivity contribution is -0.131. The molecule has 1 heterocycles. The highest BCUT2D eigenvalue weighted by Crippen LogP contribution is 2.32. The summed E-state index contributed by atoms with van der Waals surface area (Å²) in [5, 5.41) is 17.5. The van der Waals surface area contributed by atoms with E-state index in [2.05, 4.69) is 42.3 Å². The van der Waals surface area contributed by atoms with E-state index >= 15 is 0 Å². The van der Waals surface area contributed by atoms with E-state index in [9.17, 15) is 14.7 Å². The minimum atomic E-state index is -1.25. The number of ether oxygens (including phenoxy) is 1. The number of nitrogens with zero attached hydrogens (tertiary/aromatic N) is 2. The summed E-state index contributed by atoms with van der Waals surface area (Å²) in [6.45, 7) is 1.61. The van der Waals surface area contributed by atoms with Gasteiger partial charge in [-0.15, -0.1) is 5.01 Å². The number of rotatable bonds is 4. The summed E-state index contributed by atoms with van der Waals surface area (Å²) < 4.78 is 6.27. The maximum Gasteiger partial charge on any atom is 0.346 e. The third-order valence-corrected chi connectivity index (χ3v) is 5.27. The Labute approximate surface area is 172 Å². The Hall–Kier alpha value is -2.39. The Morgan fingerprint density at radius 1 is 1.22 bits per heavy atom. The van der Waals surface area contributed by atoms with Crippen molar-refractivity contribution >= 4 is 50.0 Å². The van der Waals surface area contributed by atoms with E-state index in [4.69, 9.17) is 4.74 Å². The fourth-order valence-electron chi connectivity index (χ4n) is 2.65. The molecule has 0 bridgehead atoms. The normalized spacial score (nSPS) is 19.6. The van der Waals surface area contributed by atoms with Gasteiger partial charge >= 0.3 is 6.03 Å². The first-order valence-corrected chi connectivity index (χ1v) is 9.38. The summed E-state index contributed by atoms with van der Waals surface area (Å²) in [5.74, 6) is 0.0686. The minimum absolute atomic E-state index is 0.0491. The Morgan fingerprint density at radius 3 is 2.52 bits per heavy atom. The number of hydrogen-bond donors (Lipinski definition) is 2. The Kier molecular flexibility index (Phi) is 5.25. The molecule has 0 aliphatic carbocycles. The molecule has 1 saturated heterocycles. The first kappa shape index (κ1) is 19.4. The number of imide groups is 1. The number of benzene rings is 2. The van der Waals surface area contributed by atoms with Gasteiger partial charge in [0.15, 0.2) is 0 Å². The van der Waals surface area contributed by atoms with E-state index in [1.54, 1.807) is 50.4 Å². The van der Waals surface area contributed by atoms with Crippen LogP contribution in [0.15, 0.2) is 50.4 Å². The molecule has 0 saturated carbocycles. The summed E-state index contributed by atoms with van der Waals surface area (Å²) in [6, 6.07) is 9.48. The quantitative estimate of drug-likeness (QED) is 0.498. The molecular formula is C18H15Br2N3O4. The maximum absolute atomic E-state index is 12.8. The van der Waals surface area contributed by atoms with Gasteiger partial charge in [-0.25, -0.2) is 4.79 Å². The van der Waals surface area contributed by atoms with Crippen molar-refractivity contribution in [2.75, 3.05) is 7.11 Å². The van der Waals surface area contributed by atoms with Crippen LogP contribution in [0.5, 0.6) is 11.5 Å². The lowest BCUT2D eigenvalue weighted by Crippen LogP contribution is -2.40. The second kappa shape index (κ2) is 7.32. The van der Waals surface area contributed by atoms with Gasteiger partial charge in [-0.05, 0) is 52.7 Å². The zero-order valence-electron chi connectivity index (χ0n) is 14.4. The van der Waals surface area contributed by atoms with Crippen LogP contribution >= 0.6 is 31.9 Å². The zero-order valence-corrected chi connectivity index (χ0v) is 17.5. The Balaban J connectivity index is 1.90. The van der Waals surface area contributed by atoms with E-state index in [0.29, 0.717) is 25.8 Å². The van der Waals surface area contributed by atoms with Gasteiger partial charge in [-0.2, -0.15) is 5.10 Å². The summed E-state index contributed by atoms with van der Waals surface area (Å²) in [4.78, 5) is 25.2. The number of nitrogens with one attached hydrogen (secondary N) is 1. The molecule has 0 aromatic heterocycles. The highest BCUT2D eigenvalue weighted by atomic mass is 79.9.